The van der Waals surface area contributed by atoms with Crippen molar-refractivity contribution in [3.63, 3.8) is 0 Å². The number of sulfonamides is 1. The molecule has 6 heteroatoms. The zero-order valence-corrected chi connectivity index (χ0v) is 10.1. The largest absolute Gasteiger partial charge is 0.394 e. The van der Waals surface area contributed by atoms with E-state index in [9.17, 15) is 8.42 Å². The minimum Gasteiger partial charge on any atom is -0.394 e. The van der Waals surface area contributed by atoms with Crippen molar-refractivity contribution in [3.05, 3.63) is 29.3 Å². The zero-order valence-electron chi connectivity index (χ0n) is 8.48. The summed E-state index contributed by atoms with van der Waals surface area (Å²) in [5, 5.41) is 9.26. The normalized spacial score (nSPS) is 18.4. The van der Waals surface area contributed by atoms with Crippen LogP contribution in [0.2, 0.25) is 5.02 Å². The molecule has 4 nitrogen and oxygen atoms in total. The van der Waals surface area contributed by atoms with Gasteiger partial charge in [-0.2, -0.15) is 0 Å². The molecule has 1 aromatic rings. The second-order valence-electron chi connectivity index (χ2n) is 3.97. The van der Waals surface area contributed by atoms with Crippen LogP contribution in [0, 0.1) is 0 Å². The second-order valence-corrected chi connectivity index (χ2v) is 6.03. The predicted octanol–water partition coefficient (Wildman–Crippen LogP) is 1.14. The lowest BCUT2D eigenvalue weighted by Crippen LogP contribution is -2.39. The smallest absolute Gasteiger partial charge is 0.242 e. The maximum absolute atomic E-state index is 12.0. The predicted molar refractivity (Wildman–Crippen MR) is 60.8 cm³/mol. The van der Waals surface area contributed by atoms with Crippen LogP contribution in [-0.2, 0) is 10.0 Å². The van der Waals surface area contributed by atoms with Crippen molar-refractivity contribution in [2.75, 3.05) is 6.61 Å². The number of hydrogen-bond donors (Lipinski definition) is 2. The Labute approximate surface area is 99.3 Å². The molecule has 1 aromatic carbocycles. The van der Waals surface area contributed by atoms with Gasteiger partial charge in [0.2, 0.25) is 10.0 Å². The Kier molecular flexibility index (Phi) is 2.96. The van der Waals surface area contributed by atoms with Crippen molar-refractivity contribution in [2.24, 2.45) is 0 Å². The number of nitrogens with one attached hydrogen (secondary N) is 1. The standard InChI is InChI=1S/C10H12ClNO3S/c11-8-3-1-2-4-9(8)16(14,15)12-10(7-13)5-6-10/h1-4,12-13H,5-7H2. The highest BCUT2D eigenvalue weighted by molar-refractivity contribution is 7.89. The van der Waals surface area contributed by atoms with Gasteiger partial charge in [-0.1, -0.05) is 23.7 Å². The summed E-state index contributed by atoms with van der Waals surface area (Å²) in [4.78, 5) is 0.0522. The Morgan fingerprint density at radius 3 is 2.50 bits per heavy atom. The van der Waals surface area contributed by atoms with Crippen molar-refractivity contribution in [1.82, 2.24) is 4.72 Å². The molecule has 1 saturated carbocycles. The van der Waals surface area contributed by atoms with E-state index in [4.69, 9.17) is 16.7 Å². The first kappa shape index (κ1) is 11.9. The summed E-state index contributed by atoms with van der Waals surface area (Å²) < 4.78 is 26.4. The molecular formula is C10H12ClNO3S. The van der Waals surface area contributed by atoms with Crippen LogP contribution in [0.1, 0.15) is 12.8 Å². The quantitative estimate of drug-likeness (QED) is 0.854. The third-order valence-electron chi connectivity index (χ3n) is 2.63. The van der Waals surface area contributed by atoms with Crippen molar-refractivity contribution in [3.8, 4) is 0 Å². The van der Waals surface area contributed by atoms with Crippen molar-refractivity contribution >= 4 is 21.6 Å². The first-order valence-electron chi connectivity index (χ1n) is 4.88. The number of aliphatic hydroxyl groups excluding tert-OH is 1. The Morgan fingerprint density at radius 1 is 1.38 bits per heavy atom. The molecule has 16 heavy (non-hydrogen) atoms. The molecule has 0 aromatic heterocycles. The molecule has 2 N–H and O–H groups in total. The molecule has 0 atom stereocenters. The zero-order chi connectivity index (χ0) is 11.8. The highest BCUT2D eigenvalue weighted by atomic mass is 35.5. The summed E-state index contributed by atoms with van der Waals surface area (Å²) in [5.41, 5.74) is -0.669. The summed E-state index contributed by atoms with van der Waals surface area (Å²) in [6, 6.07) is 6.24. The van der Waals surface area contributed by atoms with E-state index < -0.39 is 15.6 Å². The molecule has 0 radical (unpaired) electrons. The fraction of sp³-hybridized carbons (Fsp3) is 0.400. The van der Waals surface area contributed by atoms with Crippen molar-refractivity contribution in [1.29, 1.82) is 0 Å². The van der Waals surface area contributed by atoms with E-state index in [1.807, 2.05) is 0 Å². The first-order chi connectivity index (χ1) is 7.49. The molecule has 0 bridgehead atoms. The fourth-order valence-corrected chi connectivity index (χ4v) is 3.42. The van der Waals surface area contributed by atoms with Gasteiger partial charge in [-0.15, -0.1) is 0 Å². The molecule has 0 aliphatic heterocycles. The Hall–Kier alpha value is -0.620. The van der Waals surface area contributed by atoms with Gasteiger partial charge in [0, 0.05) is 0 Å². The lowest BCUT2D eigenvalue weighted by atomic mass is 10.3. The minimum atomic E-state index is -3.64. The van der Waals surface area contributed by atoms with Crippen LogP contribution in [-0.4, -0.2) is 25.7 Å². The van der Waals surface area contributed by atoms with E-state index in [1.165, 1.54) is 12.1 Å². The third kappa shape index (κ3) is 2.22. The number of benzene rings is 1. The summed E-state index contributed by atoms with van der Waals surface area (Å²) in [7, 11) is -3.64. The average Bonchev–Trinajstić information content (AvgIpc) is 2.98. The maximum atomic E-state index is 12.0. The van der Waals surface area contributed by atoms with Crippen molar-refractivity contribution in [2.45, 2.75) is 23.3 Å². The number of aliphatic hydroxyl groups is 1. The van der Waals surface area contributed by atoms with E-state index in [1.54, 1.807) is 12.1 Å². The van der Waals surface area contributed by atoms with Gasteiger partial charge in [0.25, 0.3) is 0 Å². The second kappa shape index (κ2) is 4.00. The molecule has 1 aliphatic carbocycles. The SMILES string of the molecule is O=S(=O)(NC1(CO)CC1)c1ccccc1Cl. The summed E-state index contributed by atoms with van der Waals surface area (Å²) >= 11 is 5.82. The summed E-state index contributed by atoms with van der Waals surface area (Å²) in [5.74, 6) is 0. The van der Waals surface area contributed by atoms with Crippen molar-refractivity contribution < 1.29 is 13.5 Å². The molecule has 0 amide bonds. The topological polar surface area (TPSA) is 66.4 Å². The van der Waals surface area contributed by atoms with Crippen LogP contribution in [0.3, 0.4) is 0 Å². The summed E-state index contributed by atoms with van der Waals surface area (Å²) in [6.45, 7) is -0.184. The van der Waals surface area contributed by atoms with Crippen LogP contribution in [0.25, 0.3) is 0 Å². The number of rotatable bonds is 4. The Bertz CT molecular complexity index is 497. The van der Waals surface area contributed by atoms with Gasteiger partial charge >= 0.3 is 0 Å². The van der Waals surface area contributed by atoms with Gasteiger partial charge in [-0.3, -0.25) is 0 Å². The van der Waals surface area contributed by atoms with Gasteiger partial charge in [-0.05, 0) is 25.0 Å². The minimum absolute atomic E-state index is 0.0522. The van der Waals surface area contributed by atoms with Gasteiger partial charge in [0.15, 0.2) is 0 Å². The monoisotopic (exact) mass is 261 g/mol. The Morgan fingerprint density at radius 2 is 2.00 bits per heavy atom. The van der Waals surface area contributed by atoms with Crippen LogP contribution in [0.15, 0.2) is 29.2 Å². The lowest BCUT2D eigenvalue weighted by molar-refractivity contribution is 0.246. The molecule has 0 spiro atoms. The van der Waals surface area contributed by atoms with Crippen LogP contribution < -0.4 is 4.72 Å². The molecule has 2 rings (SSSR count). The van der Waals surface area contributed by atoms with E-state index in [2.05, 4.69) is 4.72 Å². The van der Waals surface area contributed by atoms with Gasteiger partial charge in [0.05, 0.1) is 17.2 Å². The highest BCUT2D eigenvalue weighted by Gasteiger charge is 2.45. The van der Waals surface area contributed by atoms with Gasteiger partial charge < -0.3 is 5.11 Å². The van der Waals surface area contributed by atoms with E-state index in [0.717, 1.165) is 0 Å². The van der Waals surface area contributed by atoms with E-state index in [0.29, 0.717) is 12.8 Å². The number of halogens is 1. The van der Waals surface area contributed by atoms with E-state index in [-0.39, 0.29) is 16.5 Å². The lowest BCUT2D eigenvalue weighted by Gasteiger charge is -2.15. The third-order valence-corrected chi connectivity index (χ3v) is 4.71. The van der Waals surface area contributed by atoms with Crippen LogP contribution in [0.4, 0.5) is 0 Å². The molecule has 0 saturated heterocycles. The maximum Gasteiger partial charge on any atom is 0.242 e. The average molecular weight is 262 g/mol. The highest BCUT2D eigenvalue weighted by Crippen LogP contribution is 2.36. The fourth-order valence-electron chi connectivity index (χ4n) is 1.45. The van der Waals surface area contributed by atoms with Gasteiger partial charge in [-0.25, -0.2) is 13.1 Å². The molecular weight excluding hydrogens is 250 g/mol. The molecule has 1 fully saturated rings. The van der Waals surface area contributed by atoms with E-state index >= 15 is 0 Å². The molecule has 0 heterocycles. The van der Waals surface area contributed by atoms with Gasteiger partial charge in [0.1, 0.15) is 4.90 Å². The molecule has 1 aliphatic rings. The van der Waals surface area contributed by atoms with Crippen LogP contribution in [0.5, 0.6) is 0 Å². The van der Waals surface area contributed by atoms with Crippen LogP contribution >= 0.6 is 11.6 Å². The Balaban J connectivity index is 2.30. The molecule has 0 unspecified atom stereocenters. The number of hydrogen-bond acceptors (Lipinski definition) is 3. The first-order valence-corrected chi connectivity index (χ1v) is 6.75. The summed E-state index contributed by atoms with van der Waals surface area (Å²) in [6.07, 6.45) is 1.32. The molecule has 88 valence electrons.